The van der Waals surface area contributed by atoms with E-state index in [1.165, 1.54) is 6.92 Å². The van der Waals surface area contributed by atoms with Gasteiger partial charge in [0.1, 0.15) is 18.3 Å². The van der Waals surface area contributed by atoms with Gasteiger partial charge in [0.15, 0.2) is 5.79 Å². The molecule has 2 heterocycles. The molecule has 2 aliphatic rings. The number of carboxylic acids is 3. The molecule has 13 nitrogen and oxygen atoms in total. The van der Waals surface area contributed by atoms with Gasteiger partial charge >= 0.3 is 23.9 Å². The number of aliphatic hydroxyl groups excluding tert-OH is 2. The molecule has 1 aromatic carbocycles. The van der Waals surface area contributed by atoms with E-state index >= 15 is 0 Å². The summed E-state index contributed by atoms with van der Waals surface area (Å²) in [6.45, 7) is 4.81. The summed E-state index contributed by atoms with van der Waals surface area (Å²) in [5.41, 5.74) is -6.26. The van der Waals surface area contributed by atoms with Crippen molar-refractivity contribution in [3.8, 4) is 0 Å². The Balaban J connectivity index is 1.92. The fraction of sp³-hybridized carbons (Fsp3) is 0.600. The lowest BCUT2D eigenvalue weighted by Crippen LogP contribution is -2.77. The first kappa shape index (κ1) is 29.5. The predicted octanol–water partition coefficient (Wildman–Crippen LogP) is -0.216. The van der Waals surface area contributed by atoms with Crippen LogP contribution in [0.25, 0.3) is 0 Å². The molecular weight excluding hydrogens is 508 g/mol. The van der Waals surface area contributed by atoms with Gasteiger partial charge < -0.3 is 44.8 Å². The molecule has 38 heavy (non-hydrogen) atoms. The predicted molar refractivity (Wildman–Crippen MR) is 125 cm³/mol. The Hall–Kier alpha value is -3.10. The SMILES string of the molecule is CC(=O)O[C@@H]([C@H](C)Cc1ccccc1)[C@@H](C)CC[C@]12O[C@H](C(=O)O)[C@@](O)(C(=O)O)[C@](C(=O)O)(O1)[C@H](O)[C@H]2O. The molecule has 9 atom stereocenters. The molecule has 2 fully saturated rings. The van der Waals surface area contributed by atoms with Crippen LogP contribution in [0.3, 0.4) is 0 Å². The summed E-state index contributed by atoms with van der Waals surface area (Å²) < 4.78 is 16.2. The van der Waals surface area contributed by atoms with Crippen molar-refractivity contribution in [3.05, 3.63) is 35.9 Å². The number of hydrogen-bond acceptors (Lipinski definition) is 10. The molecule has 2 aliphatic heterocycles. The van der Waals surface area contributed by atoms with E-state index in [0.29, 0.717) is 6.42 Å². The van der Waals surface area contributed by atoms with E-state index < -0.39 is 77.6 Å². The molecular formula is C25H32O13. The lowest BCUT2D eigenvalue weighted by Gasteiger charge is -2.48. The van der Waals surface area contributed by atoms with E-state index in [4.69, 9.17) is 14.2 Å². The third-order valence-corrected chi connectivity index (χ3v) is 7.40. The minimum Gasteiger partial charge on any atom is -0.479 e. The Morgan fingerprint density at radius 2 is 1.58 bits per heavy atom. The maximum absolute atomic E-state index is 12.2. The van der Waals surface area contributed by atoms with Crippen LogP contribution in [0.2, 0.25) is 0 Å². The van der Waals surface area contributed by atoms with Gasteiger partial charge in [0.25, 0.3) is 0 Å². The number of carbonyl (C=O) groups is 4. The fourth-order valence-electron chi connectivity index (χ4n) is 5.50. The van der Waals surface area contributed by atoms with Crippen molar-refractivity contribution in [2.75, 3.05) is 0 Å². The van der Waals surface area contributed by atoms with E-state index in [-0.39, 0.29) is 12.3 Å². The Kier molecular flexibility index (Phi) is 8.20. The van der Waals surface area contributed by atoms with Crippen LogP contribution in [-0.2, 0) is 39.8 Å². The second kappa shape index (κ2) is 10.6. The van der Waals surface area contributed by atoms with E-state index in [9.17, 15) is 49.8 Å². The van der Waals surface area contributed by atoms with Crippen molar-refractivity contribution in [2.24, 2.45) is 11.8 Å². The molecule has 0 aromatic heterocycles. The molecule has 0 radical (unpaired) electrons. The number of carbonyl (C=O) groups excluding carboxylic acids is 1. The van der Waals surface area contributed by atoms with Gasteiger partial charge in [0.2, 0.25) is 17.3 Å². The number of hydrogen-bond donors (Lipinski definition) is 6. The topological polar surface area (TPSA) is 217 Å². The van der Waals surface area contributed by atoms with Crippen LogP contribution < -0.4 is 0 Å². The minimum atomic E-state index is -3.79. The van der Waals surface area contributed by atoms with Crippen molar-refractivity contribution in [1.29, 1.82) is 0 Å². The number of benzene rings is 1. The molecule has 13 heteroatoms. The van der Waals surface area contributed by atoms with Crippen molar-refractivity contribution < 1.29 is 64.0 Å². The summed E-state index contributed by atoms with van der Waals surface area (Å²) in [6.07, 6.45) is -8.10. The largest absolute Gasteiger partial charge is 0.479 e. The second-order valence-corrected chi connectivity index (χ2v) is 10.0. The third kappa shape index (κ3) is 4.64. The van der Waals surface area contributed by atoms with E-state index in [2.05, 4.69) is 0 Å². The first-order chi connectivity index (χ1) is 17.6. The van der Waals surface area contributed by atoms with Gasteiger partial charge in [-0.15, -0.1) is 0 Å². The fourth-order valence-corrected chi connectivity index (χ4v) is 5.50. The number of fused-ring (bicyclic) bond motifs is 2. The van der Waals surface area contributed by atoms with Gasteiger partial charge in [0, 0.05) is 13.3 Å². The normalized spacial score (nSPS) is 34.6. The maximum atomic E-state index is 12.2. The van der Waals surface area contributed by atoms with Gasteiger partial charge in [-0.1, -0.05) is 44.2 Å². The molecule has 0 unspecified atom stereocenters. The van der Waals surface area contributed by atoms with Gasteiger partial charge in [-0.25, -0.2) is 14.4 Å². The molecule has 0 amide bonds. The number of ether oxygens (including phenoxy) is 3. The standard InChI is InChI=1S/C25H32O13/c1-12(16(36-14(3)26)13(2)11-15-7-5-4-6-8-15)9-10-23-17(27)18(28)25(38-23,22(33)34)24(35,21(31)32)19(37-23)20(29)30/h4-8,12-13,16-19,27-28,35H,9-11H2,1-3H3,(H,29,30)(H,31,32)(H,33,34)/t12-,13+,16+,17+,18+,19+,23-,24+,25-/m0/s1. The van der Waals surface area contributed by atoms with Gasteiger partial charge in [0.05, 0.1) is 0 Å². The zero-order valence-corrected chi connectivity index (χ0v) is 21.0. The van der Waals surface area contributed by atoms with Gasteiger partial charge in [-0.05, 0) is 30.2 Å². The average molecular weight is 541 g/mol. The first-order valence-electron chi connectivity index (χ1n) is 12.0. The molecule has 0 saturated carbocycles. The van der Waals surface area contributed by atoms with Crippen LogP contribution in [0.15, 0.2) is 30.3 Å². The molecule has 6 N–H and O–H groups in total. The summed E-state index contributed by atoms with van der Waals surface area (Å²) in [6, 6.07) is 9.40. The van der Waals surface area contributed by atoms with Crippen LogP contribution >= 0.6 is 0 Å². The maximum Gasteiger partial charge on any atom is 0.343 e. The minimum absolute atomic E-state index is 0.00556. The van der Waals surface area contributed by atoms with Crippen molar-refractivity contribution in [3.63, 3.8) is 0 Å². The number of carboxylic acid groups (broad SMARTS) is 3. The van der Waals surface area contributed by atoms with Gasteiger partial charge in [-0.3, -0.25) is 4.79 Å². The quantitative estimate of drug-likeness (QED) is 0.200. The highest BCUT2D eigenvalue weighted by Gasteiger charge is 2.84. The molecule has 2 bridgehead atoms. The van der Waals surface area contributed by atoms with Crippen molar-refractivity contribution >= 4 is 23.9 Å². The molecule has 3 rings (SSSR count). The van der Waals surface area contributed by atoms with E-state index in [0.717, 1.165) is 5.56 Å². The number of esters is 1. The van der Waals surface area contributed by atoms with Crippen LogP contribution in [0.4, 0.5) is 0 Å². The van der Waals surface area contributed by atoms with Crippen molar-refractivity contribution in [1.82, 2.24) is 0 Å². The van der Waals surface area contributed by atoms with Crippen molar-refractivity contribution in [2.45, 2.75) is 81.4 Å². The molecule has 0 spiro atoms. The smallest absolute Gasteiger partial charge is 0.343 e. The summed E-state index contributed by atoms with van der Waals surface area (Å²) in [5.74, 6) is -10.3. The Morgan fingerprint density at radius 3 is 2.08 bits per heavy atom. The van der Waals surface area contributed by atoms with Crippen LogP contribution in [-0.4, -0.2) is 95.9 Å². The molecule has 210 valence electrons. The van der Waals surface area contributed by atoms with E-state index in [1.54, 1.807) is 6.92 Å². The number of aliphatic hydroxyl groups is 3. The number of rotatable bonds is 11. The Labute approximate surface area is 217 Å². The number of aliphatic carboxylic acids is 3. The highest BCUT2D eigenvalue weighted by atomic mass is 16.8. The van der Waals surface area contributed by atoms with Crippen LogP contribution in [0.1, 0.15) is 39.2 Å². The lowest BCUT2D eigenvalue weighted by atomic mass is 9.74. The summed E-state index contributed by atoms with van der Waals surface area (Å²) >= 11 is 0. The average Bonchev–Trinajstić information content (AvgIpc) is 3.04. The Bertz CT molecular complexity index is 1080. The highest BCUT2D eigenvalue weighted by molar-refractivity contribution is 5.97. The monoisotopic (exact) mass is 540 g/mol. The molecule has 2 saturated heterocycles. The summed E-state index contributed by atoms with van der Waals surface area (Å²) in [4.78, 5) is 48.0. The Morgan fingerprint density at radius 1 is 0.974 bits per heavy atom. The summed E-state index contributed by atoms with van der Waals surface area (Å²) in [7, 11) is 0. The van der Waals surface area contributed by atoms with E-state index in [1.807, 2.05) is 37.3 Å². The highest BCUT2D eigenvalue weighted by Crippen LogP contribution is 2.54. The molecule has 1 aromatic rings. The summed E-state index contributed by atoms with van der Waals surface area (Å²) in [5, 5.41) is 61.4. The second-order valence-electron chi connectivity index (χ2n) is 10.0. The lowest BCUT2D eigenvalue weighted by molar-refractivity contribution is -0.374. The van der Waals surface area contributed by atoms with Crippen LogP contribution in [0, 0.1) is 11.8 Å². The molecule has 0 aliphatic carbocycles. The first-order valence-corrected chi connectivity index (χ1v) is 12.0. The van der Waals surface area contributed by atoms with Gasteiger partial charge in [-0.2, -0.15) is 0 Å². The van der Waals surface area contributed by atoms with Crippen LogP contribution in [0.5, 0.6) is 0 Å². The zero-order valence-electron chi connectivity index (χ0n) is 21.0. The third-order valence-electron chi connectivity index (χ3n) is 7.40. The zero-order chi connectivity index (χ0) is 28.6.